The van der Waals surface area contributed by atoms with E-state index >= 15 is 0 Å². The fourth-order valence-electron chi connectivity index (χ4n) is 19.7. The van der Waals surface area contributed by atoms with Crippen LogP contribution in [0.2, 0.25) is 0 Å². The maximum Gasteiger partial charge on any atom is 0.0456 e. The Hall–Kier alpha value is 1.34. The molecular formula is C116H157N4Y9-9. The van der Waals surface area contributed by atoms with Crippen molar-refractivity contribution in [3.63, 3.8) is 0 Å². The van der Waals surface area contributed by atoms with Crippen LogP contribution in [0.15, 0.2) is 195 Å². The van der Waals surface area contributed by atoms with Crippen molar-refractivity contribution in [2.45, 2.75) is 249 Å². The summed E-state index contributed by atoms with van der Waals surface area (Å²) in [5.41, 5.74) is 36.5. The zero-order valence-corrected chi connectivity index (χ0v) is 109. The molecule has 4 aromatic heterocycles. The van der Waals surface area contributed by atoms with E-state index in [1.165, 1.54) is 218 Å². The van der Waals surface area contributed by atoms with E-state index in [1.807, 2.05) is 36.9 Å². The Bertz CT molecular complexity index is 4490. The Balaban J connectivity index is -0.000000440. The number of H-pyrrole nitrogens is 2. The van der Waals surface area contributed by atoms with Gasteiger partial charge in [-0.15, -0.1) is 0 Å². The van der Waals surface area contributed by atoms with Gasteiger partial charge in [-0.1, -0.05) is 196 Å². The molecule has 9 atom stereocenters. The first kappa shape index (κ1) is 139. The zero-order chi connectivity index (χ0) is 76.6. The zero-order valence-electron chi connectivity index (χ0n) is 83.4. The molecule has 0 amide bonds. The van der Waals surface area contributed by atoms with Gasteiger partial charge in [-0.2, -0.15) is 0 Å². The van der Waals surface area contributed by atoms with E-state index in [4.69, 9.17) is 0 Å². The largest absolute Gasteiger partial charge is 0.361 e. The van der Waals surface area contributed by atoms with Crippen molar-refractivity contribution in [1.82, 2.24) is 19.9 Å². The number of aryl methyl sites for hydroxylation is 7. The van der Waals surface area contributed by atoms with E-state index in [0.717, 1.165) is 66.1 Å². The second kappa shape index (κ2) is 70.9. The summed E-state index contributed by atoms with van der Waals surface area (Å²) in [6.07, 6.45) is 54.3. The van der Waals surface area contributed by atoms with E-state index in [-0.39, 0.29) is 361 Å². The van der Waals surface area contributed by atoms with Crippen LogP contribution in [0, 0.1) is 120 Å². The number of hydrogen-bond acceptors (Lipinski definition) is 2. The van der Waals surface area contributed by atoms with E-state index in [0.29, 0.717) is 0 Å². The maximum absolute atomic E-state index is 4.37. The number of nitrogens with one attached hydrogen (secondary N) is 2. The molecule has 9 radical (unpaired) electrons. The van der Waals surface area contributed by atoms with Crippen molar-refractivity contribution < 1.29 is 294 Å². The molecule has 0 saturated heterocycles. The number of nitrogens with zero attached hydrogens (tertiary/aromatic N) is 2. The molecule has 11 aliphatic carbocycles. The number of aromatic nitrogens is 4. The summed E-state index contributed by atoms with van der Waals surface area (Å²) >= 11 is 0. The summed E-state index contributed by atoms with van der Waals surface area (Å²) in [6.45, 7) is 21.1. The van der Waals surface area contributed by atoms with Crippen LogP contribution in [-0.4, -0.2) is 19.9 Å². The van der Waals surface area contributed by atoms with Crippen molar-refractivity contribution in [2.75, 3.05) is 0 Å². The molecule has 0 fully saturated rings. The molecule has 0 bridgehead atoms. The minimum atomic E-state index is 0. The molecule has 4 heterocycles. The van der Waals surface area contributed by atoms with Crippen molar-refractivity contribution in [3.8, 4) is 0 Å². The van der Waals surface area contributed by atoms with Crippen LogP contribution < -0.4 is 0 Å². The summed E-state index contributed by atoms with van der Waals surface area (Å²) in [4.78, 5) is 15.3. The first-order chi connectivity index (χ1) is 54.1. The third-order valence-corrected chi connectivity index (χ3v) is 26.6. The molecular weight excluding hydrogens is 2250 g/mol. The van der Waals surface area contributed by atoms with Crippen molar-refractivity contribution >= 4 is 34.0 Å². The smallest absolute Gasteiger partial charge is 0.0456 e. The molecule has 0 aliphatic heterocycles. The van der Waals surface area contributed by atoms with Crippen LogP contribution in [-0.2, 0) is 423 Å². The molecule has 9 unspecified atom stereocenters. The summed E-state index contributed by atoms with van der Waals surface area (Å²) in [6, 6.07) is 58.0. The number of pyridine rings is 2. The molecule has 129 heavy (non-hydrogen) atoms. The predicted octanol–water partition coefficient (Wildman–Crippen LogP) is 30.2. The normalized spacial score (nSPS) is 19.4. The van der Waals surface area contributed by atoms with Crippen LogP contribution in [0.25, 0.3) is 34.0 Å². The molecule has 13 heteroatoms. The maximum atomic E-state index is 4.37. The van der Waals surface area contributed by atoms with E-state index in [2.05, 4.69) is 252 Å². The quantitative estimate of drug-likeness (QED) is 0.149. The number of rotatable bonds is 0. The summed E-state index contributed by atoms with van der Waals surface area (Å²) < 4.78 is 0. The Kier molecular flexibility index (Phi) is 76.3. The summed E-state index contributed by atoms with van der Waals surface area (Å²) in [5, 5.41) is 2.72. The molecule has 4 nitrogen and oxygen atoms in total. The molecule has 11 aromatic rings. The van der Waals surface area contributed by atoms with Gasteiger partial charge in [0.05, 0.1) is 0 Å². The monoisotopic (exact) mass is 2410 g/mol. The van der Waals surface area contributed by atoms with Crippen LogP contribution in [0.4, 0.5) is 0 Å². The minimum absolute atomic E-state index is 0. The predicted molar refractivity (Wildman–Crippen MR) is 531 cm³/mol. The Morgan fingerprint density at radius 2 is 0.481 bits per heavy atom. The topological polar surface area (TPSA) is 57.4 Å². The molecule has 677 valence electrons. The van der Waals surface area contributed by atoms with Crippen molar-refractivity contribution in [2.24, 2.45) is 53.3 Å². The molecule has 11 aliphatic rings. The van der Waals surface area contributed by atoms with Gasteiger partial charge >= 0.3 is 0 Å². The number of hydrogen-bond donors (Lipinski definition) is 2. The number of aromatic amines is 2. The number of allylic oxidation sites excluding steroid dienone is 2. The van der Waals surface area contributed by atoms with E-state index in [9.17, 15) is 0 Å². The van der Waals surface area contributed by atoms with Crippen LogP contribution in [0.1, 0.15) is 243 Å². The molecule has 0 spiro atoms. The molecule has 0 saturated carbocycles. The van der Waals surface area contributed by atoms with Gasteiger partial charge in [0, 0.05) is 342 Å². The first-order valence-corrected chi connectivity index (χ1v) is 44.0. The third kappa shape index (κ3) is 40.6. The van der Waals surface area contributed by atoms with Gasteiger partial charge < -0.3 is 76.8 Å². The minimum Gasteiger partial charge on any atom is -0.361 e. The van der Waals surface area contributed by atoms with Crippen LogP contribution >= 0.6 is 0 Å². The Labute approximate surface area is 1020 Å². The van der Waals surface area contributed by atoms with Crippen molar-refractivity contribution in [1.29, 1.82) is 0 Å². The van der Waals surface area contributed by atoms with E-state index in [1.54, 1.807) is 100 Å². The second-order valence-corrected chi connectivity index (χ2v) is 36.3. The van der Waals surface area contributed by atoms with Crippen LogP contribution in [0.3, 0.4) is 0 Å². The fraction of sp³-hybridized carbons (Fsp3) is 0.405. The average Bonchev–Trinajstić information content (AvgIpc) is 1.75. The second-order valence-electron chi connectivity index (χ2n) is 36.3. The number of fused-ring (bicyclic) bond motifs is 15. The van der Waals surface area contributed by atoms with Gasteiger partial charge in [0.15, 0.2) is 0 Å². The van der Waals surface area contributed by atoms with E-state index < -0.39 is 0 Å². The Morgan fingerprint density at radius 1 is 0.233 bits per heavy atom. The first-order valence-electron chi connectivity index (χ1n) is 44.0. The molecule has 2 N–H and O–H groups in total. The fourth-order valence-corrected chi connectivity index (χ4v) is 19.7. The molecule has 22 rings (SSSR count). The van der Waals surface area contributed by atoms with Gasteiger partial charge in [0.2, 0.25) is 0 Å². The SMILES string of the molecule is CC1CCc2c(ccc3c2C=CC3)C1.CC1CCc2c(ccc3c2C=CC3)C1.CC1CCc2cc3[nH]ccc3cc2C1.CC1CCc2cc3[nH]ccc3cc2C1.CC1CCc2ccccc2C1.CC1CCc2ccccc2C1.CC1CCc2ccccc2C1.CC1CCc2cccnc2C1.CC1CCc2cccnc2C1.[CH3-].[CH3-].[CH3-].[CH3-].[CH3-].[CH3-].[CH3-].[CH3-].[CH3-].[Y].[Y].[Y].[Y].[Y].[Y].[Y].[Y].[Y]. The van der Waals surface area contributed by atoms with Crippen LogP contribution in [0.5, 0.6) is 0 Å². The third-order valence-electron chi connectivity index (χ3n) is 26.6. The average molecular weight is 2410 g/mol. The standard InChI is InChI=1S/2C14H16.2C13H15N.3C11H14.2C10H13N.9CH3.9Y/c2*1-10-5-8-14-12(9-10)7-6-11-3-2-4-13(11)14;2*1-9-2-3-10-8-13-11(4-5-14-13)7-12(10)6-9;3*1-9-6-7-10-4-2-3-5-11(10)8-9;2*1-8-4-5-9-3-2-6-11-10(9)7-8;;;;;;;;;;;;;;;;;;/h2*2,4,6-7,10H,3,5,8-9H2,1H3;2*4-5,7-9,14H,2-3,6H2,1H3;3*2-5,9H,6-8H2,1H3;2*2-3,6,8H,4-5,7H2,1H3;9*1H3;;;;;;;;;/q;;;;;;;;;9*-1;;;;;;;;;. The summed E-state index contributed by atoms with van der Waals surface area (Å²) in [5.74, 6) is 7.82. The molecule has 7 aromatic carbocycles. The van der Waals surface area contributed by atoms with Gasteiger partial charge in [0.25, 0.3) is 0 Å². The van der Waals surface area contributed by atoms with Gasteiger partial charge in [-0.25, -0.2) is 0 Å². The summed E-state index contributed by atoms with van der Waals surface area (Å²) in [7, 11) is 0. The number of benzene rings is 7. The Morgan fingerprint density at radius 3 is 0.798 bits per heavy atom. The van der Waals surface area contributed by atoms with Gasteiger partial charge in [-0.05, 0) is 410 Å². The van der Waals surface area contributed by atoms with Gasteiger partial charge in [-0.3, -0.25) is 9.97 Å². The van der Waals surface area contributed by atoms with Gasteiger partial charge in [0.1, 0.15) is 0 Å². The van der Waals surface area contributed by atoms with Crippen molar-refractivity contribution in [3.05, 3.63) is 384 Å².